The number of anilines is 2. The van der Waals surface area contributed by atoms with E-state index < -0.39 is 0 Å². The van der Waals surface area contributed by atoms with Crippen LogP contribution in [-0.4, -0.2) is 9.97 Å². The zero-order valence-corrected chi connectivity index (χ0v) is 10.1. The molecule has 0 bridgehead atoms. The molecule has 2 rings (SSSR count). The van der Waals surface area contributed by atoms with Crippen LogP contribution in [0.25, 0.3) is 0 Å². The lowest BCUT2D eigenvalue weighted by Crippen LogP contribution is -2.02. The summed E-state index contributed by atoms with van der Waals surface area (Å²) in [4.78, 5) is 9.70. The minimum absolute atomic E-state index is 0.703. The second kappa shape index (κ2) is 4.49. The maximum Gasteiger partial charge on any atom is 0.126 e. The summed E-state index contributed by atoms with van der Waals surface area (Å²) in [6.07, 6.45) is 3.55. The fraction of sp³-hybridized carbons (Fsp3) is 0.273. The summed E-state index contributed by atoms with van der Waals surface area (Å²) >= 11 is 1.69. The monoisotopic (exact) mass is 234 g/mol. The maximum atomic E-state index is 5.70. The van der Waals surface area contributed by atoms with Crippen molar-refractivity contribution < 1.29 is 0 Å². The van der Waals surface area contributed by atoms with Crippen molar-refractivity contribution in [2.24, 2.45) is 0 Å². The van der Waals surface area contributed by atoms with Gasteiger partial charge in [-0.1, -0.05) is 0 Å². The van der Waals surface area contributed by atoms with Crippen LogP contribution in [0.15, 0.2) is 18.5 Å². The molecule has 5 heteroatoms. The highest BCUT2D eigenvalue weighted by Gasteiger charge is 2.01. The Hall–Kier alpha value is -1.62. The topological polar surface area (TPSA) is 63.8 Å². The number of hydrogen-bond acceptors (Lipinski definition) is 5. The number of nitrogens with zero attached hydrogens (tertiary/aromatic N) is 2. The SMILES string of the molecule is Cc1cnc(CNc2cc(C)c(N)cn2)s1. The average Bonchev–Trinajstić information content (AvgIpc) is 2.66. The molecule has 2 aromatic rings. The van der Waals surface area contributed by atoms with Crippen LogP contribution < -0.4 is 11.1 Å². The second-order valence-corrected chi connectivity index (χ2v) is 4.96. The van der Waals surface area contributed by atoms with Crippen LogP contribution in [0.1, 0.15) is 15.4 Å². The summed E-state index contributed by atoms with van der Waals surface area (Å²) in [5.41, 5.74) is 7.45. The first-order valence-corrected chi connectivity index (χ1v) is 5.84. The molecule has 0 saturated carbocycles. The van der Waals surface area contributed by atoms with E-state index in [1.54, 1.807) is 17.5 Å². The van der Waals surface area contributed by atoms with Gasteiger partial charge in [0.25, 0.3) is 0 Å². The van der Waals surface area contributed by atoms with Crippen LogP contribution in [0.4, 0.5) is 11.5 Å². The van der Waals surface area contributed by atoms with Crippen LogP contribution in [0, 0.1) is 13.8 Å². The number of aromatic nitrogens is 2. The van der Waals surface area contributed by atoms with E-state index in [9.17, 15) is 0 Å². The lowest BCUT2D eigenvalue weighted by atomic mass is 10.2. The van der Waals surface area contributed by atoms with Crippen LogP contribution in [0.3, 0.4) is 0 Å². The van der Waals surface area contributed by atoms with Gasteiger partial charge in [0.2, 0.25) is 0 Å². The molecule has 0 aliphatic heterocycles. The zero-order valence-electron chi connectivity index (χ0n) is 9.32. The number of thiazole rings is 1. The third-order valence-corrected chi connectivity index (χ3v) is 3.15. The lowest BCUT2D eigenvalue weighted by Gasteiger charge is -2.05. The number of rotatable bonds is 3. The van der Waals surface area contributed by atoms with E-state index in [0.29, 0.717) is 6.54 Å². The molecule has 0 fully saturated rings. The number of aryl methyl sites for hydroxylation is 2. The molecule has 0 saturated heterocycles. The van der Waals surface area contributed by atoms with E-state index in [0.717, 1.165) is 22.1 Å². The molecule has 0 amide bonds. The fourth-order valence-corrected chi connectivity index (χ4v) is 2.04. The van der Waals surface area contributed by atoms with Gasteiger partial charge in [0.05, 0.1) is 18.4 Å². The molecule has 2 aromatic heterocycles. The highest BCUT2D eigenvalue weighted by Crippen LogP contribution is 2.15. The Morgan fingerprint density at radius 1 is 1.31 bits per heavy atom. The van der Waals surface area contributed by atoms with Gasteiger partial charge >= 0.3 is 0 Å². The van der Waals surface area contributed by atoms with Gasteiger partial charge in [-0.2, -0.15) is 0 Å². The molecular weight excluding hydrogens is 220 g/mol. The summed E-state index contributed by atoms with van der Waals surface area (Å²) in [6.45, 7) is 4.72. The van der Waals surface area contributed by atoms with Gasteiger partial charge in [0.1, 0.15) is 10.8 Å². The highest BCUT2D eigenvalue weighted by molar-refractivity contribution is 7.11. The molecule has 0 aromatic carbocycles. The van der Waals surface area contributed by atoms with E-state index >= 15 is 0 Å². The van der Waals surface area contributed by atoms with E-state index in [-0.39, 0.29) is 0 Å². The first kappa shape index (κ1) is 10.9. The second-order valence-electron chi connectivity index (χ2n) is 3.64. The Labute approximate surface area is 98.6 Å². The minimum Gasteiger partial charge on any atom is -0.397 e. The van der Waals surface area contributed by atoms with E-state index in [1.807, 2.05) is 26.1 Å². The summed E-state index contributed by atoms with van der Waals surface area (Å²) in [6, 6.07) is 1.94. The third-order valence-electron chi connectivity index (χ3n) is 2.24. The lowest BCUT2D eigenvalue weighted by molar-refractivity contribution is 1.07. The van der Waals surface area contributed by atoms with E-state index in [2.05, 4.69) is 15.3 Å². The maximum absolute atomic E-state index is 5.70. The van der Waals surface area contributed by atoms with Crippen molar-refractivity contribution >= 4 is 22.8 Å². The predicted octanol–water partition coefficient (Wildman–Crippen LogP) is 2.35. The van der Waals surface area contributed by atoms with Gasteiger partial charge in [-0.25, -0.2) is 9.97 Å². The Morgan fingerprint density at radius 3 is 2.75 bits per heavy atom. The van der Waals surface area contributed by atoms with Crippen LogP contribution in [0.5, 0.6) is 0 Å². The number of hydrogen-bond donors (Lipinski definition) is 2. The van der Waals surface area contributed by atoms with Crippen molar-refractivity contribution in [1.29, 1.82) is 0 Å². The number of nitrogen functional groups attached to an aromatic ring is 1. The van der Waals surface area contributed by atoms with Gasteiger partial charge in [-0.3, -0.25) is 0 Å². The van der Waals surface area contributed by atoms with Crippen LogP contribution in [0.2, 0.25) is 0 Å². The van der Waals surface area contributed by atoms with Gasteiger partial charge in [-0.15, -0.1) is 11.3 Å². The van der Waals surface area contributed by atoms with Crippen molar-refractivity contribution in [3.05, 3.63) is 33.9 Å². The molecule has 0 radical (unpaired) electrons. The Morgan fingerprint density at radius 2 is 2.12 bits per heavy atom. The normalized spacial score (nSPS) is 10.4. The third kappa shape index (κ3) is 2.49. The first-order chi connectivity index (χ1) is 7.65. The van der Waals surface area contributed by atoms with Crippen LogP contribution in [-0.2, 0) is 6.54 Å². The molecule has 2 heterocycles. The summed E-state index contributed by atoms with van der Waals surface area (Å²) in [5.74, 6) is 0.833. The molecular formula is C11H14N4S. The minimum atomic E-state index is 0.703. The Bertz CT molecular complexity index is 492. The van der Waals surface area contributed by atoms with Crippen LogP contribution >= 0.6 is 11.3 Å². The smallest absolute Gasteiger partial charge is 0.126 e. The van der Waals surface area contributed by atoms with Crippen molar-refractivity contribution in [1.82, 2.24) is 9.97 Å². The largest absolute Gasteiger partial charge is 0.397 e. The number of nitrogens with one attached hydrogen (secondary N) is 1. The molecule has 0 spiro atoms. The van der Waals surface area contributed by atoms with E-state index in [4.69, 9.17) is 5.73 Å². The first-order valence-electron chi connectivity index (χ1n) is 5.02. The van der Waals surface area contributed by atoms with Gasteiger partial charge in [-0.05, 0) is 25.5 Å². The Balaban J connectivity index is 2.02. The van der Waals surface area contributed by atoms with Gasteiger partial charge < -0.3 is 11.1 Å². The molecule has 0 aliphatic carbocycles. The molecule has 84 valence electrons. The van der Waals surface area contributed by atoms with Gasteiger partial charge in [0, 0.05) is 11.1 Å². The summed E-state index contributed by atoms with van der Waals surface area (Å²) in [7, 11) is 0. The molecule has 0 unspecified atom stereocenters. The van der Waals surface area contributed by atoms with Crippen molar-refractivity contribution in [2.45, 2.75) is 20.4 Å². The average molecular weight is 234 g/mol. The van der Waals surface area contributed by atoms with E-state index in [1.165, 1.54) is 4.88 Å². The number of pyridine rings is 1. The quantitative estimate of drug-likeness (QED) is 0.855. The van der Waals surface area contributed by atoms with Crippen molar-refractivity contribution in [3.8, 4) is 0 Å². The van der Waals surface area contributed by atoms with Crippen molar-refractivity contribution in [2.75, 3.05) is 11.1 Å². The highest BCUT2D eigenvalue weighted by atomic mass is 32.1. The molecule has 0 aliphatic rings. The summed E-state index contributed by atoms with van der Waals surface area (Å²) in [5, 5.41) is 4.29. The van der Waals surface area contributed by atoms with Gasteiger partial charge in [0.15, 0.2) is 0 Å². The Kier molecular flexibility index (Phi) is 3.05. The van der Waals surface area contributed by atoms with Crippen molar-refractivity contribution in [3.63, 3.8) is 0 Å². The predicted molar refractivity (Wildman–Crippen MR) is 67.6 cm³/mol. The molecule has 0 atom stereocenters. The fourth-order valence-electron chi connectivity index (χ4n) is 1.31. The molecule has 4 nitrogen and oxygen atoms in total. The molecule has 3 N–H and O–H groups in total. The zero-order chi connectivity index (χ0) is 11.5. The summed E-state index contributed by atoms with van der Waals surface area (Å²) < 4.78 is 0. The number of nitrogens with two attached hydrogens (primary N) is 1. The molecule has 16 heavy (non-hydrogen) atoms. The standard InChI is InChI=1S/C11H14N4S/c1-7-3-10(13-5-9(7)12)14-6-11-15-4-8(2)16-11/h3-5H,6,12H2,1-2H3,(H,13,14).